The minimum atomic E-state index is 0.353. The highest BCUT2D eigenvalue weighted by molar-refractivity contribution is 5.53. The van der Waals surface area contributed by atoms with Gasteiger partial charge >= 0.3 is 0 Å². The Balaban J connectivity index is 2.58. The zero-order valence-corrected chi connectivity index (χ0v) is 9.50. The summed E-state index contributed by atoms with van der Waals surface area (Å²) < 4.78 is 0. The minimum Gasteiger partial charge on any atom is -0.508 e. The van der Waals surface area contributed by atoms with Gasteiger partial charge in [-0.1, -0.05) is 44.9 Å². The Labute approximate surface area is 92.5 Å². The number of aromatic hydroxyl groups is 1. The lowest BCUT2D eigenvalue weighted by Gasteiger charge is -2.06. The van der Waals surface area contributed by atoms with Crippen molar-refractivity contribution in [3.63, 3.8) is 0 Å². The van der Waals surface area contributed by atoms with Gasteiger partial charge in [-0.3, -0.25) is 0 Å². The molecule has 0 saturated heterocycles. The number of phenolic OH excluding ortho intramolecular Hbond substituents is 1. The second-order valence-corrected chi connectivity index (χ2v) is 3.90. The van der Waals surface area contributed by atoms with Gasteiger partial charge in [-0.15, -0.1) is 0 Å². The number of rotatable bonds is 6. The highest BCUT2D eigenvalue weighted by atomic mass is 16.3. The Kier molecular flexibility index (Phi) is 4.96. The first-order valence-electron chi connectivity index (χ1n) is 5.72. The molecule has 1 nitrogen and oxygen atoms in total. The molecule has 0 unspecified atom stereocenters. The van der Waals surface area contributed by atoms with Crippen LogP contribution in [0.15, 0.2) is 24.8 Å². The SMILES string of the molecule is C=Cc1ccc(O)cc1CCCCCC. The molecule has 0 spiro atoms. The smallest absolute Gasteiger partial charge is 0.115 e. The van der Waals surface area contributed by atoms with E-state index in [-0.39, 0.29) is 0 Å². The molecule has 15 heavy (non-hydrogen) atoms. The third-order valence-corrected chi connectivity index (χ3v) is 2.65. The lowest BCUT2D eigenvalue weighted by molar-refractivity contribution is 0.474. The van der Waals surface area contributed by atoms with Crippen molar-refractivity contribution >= 4 is 6.08 Å². The second-order valence-electron chi connectivity index (χ2n) is 3.90. The van der Waals surface area contributed by atoms with Gasteiger partial charge in [0.05, 0.1) is 0 Å². The van der Waals surface area contributed by atoms with Crippen molar-refractivity contribution < 1.29 is 5.11 Å². The van der Waals surface area contributed by atoms with Gasteiger partial charge in [-0.05, 0) is 36.1 Å². The maximum Gasteiger partial charge on any atom is 0.115 e. The lowest BCUT2D eigenvalue weighted by atomic mass is 10.0. The third-order valence-electron chi connectivity index (χ3n) is 2.65. The van der Waals surface area contributed by atoms with Gasteiger partial charge in [0, 0.05) is 0 Å². The van der Waals surface area contributed by atoms with Crippen LogP contribution < -0.4 is 0 Å². The molecule has 0 heterocycles. The molecule has 1 rings (SSSR count). The minimum absolute atomic E-state index is 0.353. The summed E-state index contributed by atoms with van der Waals surface area (Å²) in [6.07, 6.45) is 7.90. The van der Waals surface area contributed by atoms with Crippen LogP contribution >= 0.6 is 0 Å². The van der Waals surface area contributed by atoms with Crippen LogP contribution in [-0.4, -0.2) is 5.11 Å². The van der Waals surface area contributed by atoms with E-state index in [1.54, 1.807) is 6.07 Å². The van der Waals surface area contributed by atoms with E-state index in [0.29, 0.717) is 5.75 Å². The van der Waals surface area contributed by atoms with Gasteiger partial charge in [0.2, 0.25) is 0 Å². The molecule has 0 aromatic heterocycles. The zero-order chi connectivity index (χ0) is 11.1. The summed E-state index contributed by atoms with van der Waals surface area (Å²) in [7, 11) is 0. The number of hydrogen-bond acceptors (Lipinski definition) is 1. The first-order chi connectivity index (χ1) is 7.27. The number of unbranched alkanes of at least 4 members (excludes halogenated alkanes) is 3. The Morgan fingerprint density at radius 2 is 2.07 bits per heavy atom. The van der Waals surface area contributed by atoms with E-state index in [2.05, 4.69) is 13.5 Å². The van der Waals surface area contributed by atoms with Crippen LogP contribution in [0.4, 0.5) is 0 Å². The van der Waals surface area contributed by atoms with Crippen LogP contribution in [0.25, 0.3) is 6.08 Å². The lowest BCUT2D eigenvalue weighted by Crippen LogP contribution is -1.89. The number of aryl methyl sites for hydroxylation is 1. The fourth-order valence-electron chi connectivity index (χ4n) is 1.75. The van der Waals surface area contributed by atoms with Crippen LogP contribution in [0, 0.1) is 0 Å². The molecule has 0 saturated carbocycles. The van der Waals surface area contributed by atoms with Crippen molar-refractivity contribution in [2.45, 2.75) is 39.0 Å². The highest BCUT2D eigenvalue weighted by Crippen LogP contribution is 2.20. The van der Waals surface area contributed by atoms with Crippen molar-refractivity contribution in [3.8, 4) is 5.75 Å². The molecule has 82 valence electrons. The second kappa shape index (κ2) is 6.28. The van der Waals surface area contributed by atoms with Crippen molar-refractivity contribution in [2.24, 2.45) is 0 Å². The topological polar surface area (TPSA) is 20.2 Å². The molecule has 0 radical (unpaired) electrons. The van der Waals surface area contributed by atoms with Crippen LogP contribution in [-0.2, 0) is 6.42 Å². The van der Waals surface area contributed by atoms with Gasteiger partial charge in [0.1, 0.15) is 5.75 Å². The van der Waals surface area contributed by atoms with Gasteiger partial charge in [0.25, 0.3) is 0 Å². The summed E-state index contributed by atoms with van der Waals surface area (Å²) >= 11 is 0. The number of benzene rings is 1. The van der Waals surface area contributed by atoms with Gasteiger partial charge < -0.3 is 5.11 Å². The maximum absolute atomic E-state index is 9.40. The molecule has 1 heteroatoms. The predicted octanol–water partition coefficient (Wildman–Crippen LogP) is 4.16. The van der Waals surface area contributed by atoms with Crippen molar-refractivity contribution in [1.29, 1.82) is 0 Å². The molecule has 0 aliphatic rings. The van der Waals surface area contributed by atoms with Crippen LogP contribution in [0.2, 0.25) is 0 Å². The molecule has 0 amide bonds. The normalized spacial score (nSPS) is 10.2. The monoisotopic (exact) mass is 204 g/mol. The summed E-state index contributed by atoms with van der Waals surface area (Å²) in [4.78, 5) is 0. The Bertz CT molecular complexity index is 315. The molecule has 0 fully saturated rings. The average Bonchev–Trinajstić information content (AvgIpc) is 2.25. The Morgan fingerprint density at radius 3 is 2.73 bits per heavy atom. The molecule has 1 N–H and O–H groups in total. The van der Waals surface area contributed by atoms with Gasteiger partial charge in [0.15, 0.2) is 0 Å². The largest absolute Gasteiger partial charge is 0.508 e. The molecule has 1 aromatic rings. The predicted molar refractivity (Wildman–Crippen MR) is 66.0 cm³/mol. The number of phenols is 1. The fourth-order valence-corrected chi connectivity index (χ4v) is 1.75. The Hall–Kier alpha value is -1.24. The van der Waals surface area contributed by atoms with Crippen LogP contribution in [0.3, 0.4) is 0 Å². The van der Waals surface area contributed by atoms with Gasteiger partial charge in [-0.25, -0.2) is 0 Å². The quantitative estimate of drug-likeness (QED) is 0.690. The molecule has 0 aliphatic carbocycles. The van der Waals surface area contributed by atoms with Crippen molar-refractivity contribution in [1.82, 2.24) is 0 Å². The first kappa shape index (κ1) is 11.8. The summed E-state index contributed by atoms with van der Waals surface area (Å²) in [5.41, 5.74) is 2.35. The number of hydrogen-bond donors (Lipinski definition) is 1. The van der Waals surface area contributed by atoms with Crippen LogP contribution in [0.5, 0.6) is 5.75 Å². The molecule has 0 atom stereocenters. The van der Waals surface area contributed by atoms with E-state index in [4.69, 9.17) is 0 Å². The van der Waals surface area contributed by atoms with E-state index in [9.17, 15) is 5.11 Å². The first-order valence-corrected chi connectivity index (χ1v) is 5.72. The van der Waals surface area contributed by atoms with E-state index >= 15 is 0 Å². The van der Waals surface area contributed by atoms with Crippen molar-refractivity contribution in [2.75, 3.05) is 0 Å². The van der Waals surface area contributed by atoms with E-state index < -0.39 is 0 Å². The standard InChI is InChI=1S/C14H20O/c1-3-5-6-7-8-13-11-14(15)10-9-12(13)4-2/h4,9-11,15H,2-3,5-8H2,1H3. The summed E-state index contributed by atoms with van der Waals surface area (Å²) in [6, 6.07) is 5.49. The summed E-state index contributed by atoms with van der Waals surface area (Å²) in [5, 5.41) is 9.40. The van der Waals surface area contributed by atoms with Crippen LogP contribution in [0.1, 0.15) is 43.7 Å². The summed E-state index contributed by atoms with van der Waals surface area (Å²) in [5.74, 6) is 0.353. The fraction of sp³-hybridized carbons (Fsp3) is 0.429. The highest BCUT2D eigenvalue weighted by Gasteiger charge is 2.00. The van der Waals surface area contributed by atoms with E-state index in [1.807, 2.05) is 18.2 Å². The summed E-state index contributed by atoms with van der Waals surface area (Å²) in [6.45, 7) is 6.00. The molecule has 0 aliphatic heterocycles. The zero-order valence-electron chi connectivity index (χ0n) is 9.50. The molecule has 0 bridgehead atoms. The average molecular weight is 204 g/mol. The van der Waals surface area contributed by atoms with E-state index in [0.717, 1.165) is 12.0 Å². The van der Waals surface area contributed by atoms with Gasteiger partial charge in [-0.2, -0.15) is 0 Å². The van der Waals surface area contributed by atoms with E-state index in [1.165, 1.54) is 31.2 Å². The van der Waals surface area contributed by atoms with Crippen molar-refractivity contribution in [3.05, 3.63) is 35.9 Å². The molecular formula is C14H20O. The Morgan fingerprint density at radius 1 is 1.27 bits per heavy atom. The molecule has 1 aromatic carbocycles. The molecular weight excluding hydrogens is 184 g/mol. The third kappa shape index (κ3) is 3.78. The maximum atomic E-state index is 9.40.